The molecule has 1 aromatic carbocycles. The normalized spacial score (nSPS) is 22.8. The molecule has 0 bridgehead atoms. The number of pyridine rings is 1. The summed E-state index contributed by atoms with van der Waals surface area (Å²) in [5, 5.41) is 9.95. The van der Waals surface area contributed by atoms with Gasteiger partial charge in [-0.25, -0.2) is 14.2 Å². The summed E-state index contributed by atoms with van der Waals surface area (Å²) in [6, 6.07) is 9.60. The summed E-state index contributed by atoms with van der Waals surface area (Å²) in [7, 11) is 0. The summed E-state index contributed by atoms with van der Waals surface area (Å²) in [6.07, 6.45) is 4.28. The first-order valence-corrected chi connectivity index (χ1v) is 14.9. The summed E-state index contributed by atoms with van der Waals surface area (Å²) in [4.78, 5) is 23.0. The molecule has 6 heterocycles. The molecule has 2 saturated heterocycles. The Labute approximate surface area is 244 Å². The Bertz CT molecular complexity index is 1630. The summed E-state index contributed by atoms with van der Waals surface area (Å²) in [6.45, 7) is 5.22. The molecule has 0 aliphatic carbocycles. The lowest BCUT2D eigenvalue weighted by Crippen LogP contribution is -2.35. The minimum atomic E-state index is -1.27. The highest BCUT2D eigenvalue weighted by Gasteiger charge is 2.42. The number of benzene rings is 1. The maximum atomic E-state index is 15.1. The first-order chi connectivity index (χ1) is 19.8. The third-order valence-corrected chi connectivity index (χ3v) is 9.45. The number of fused-ring (bicyclic) bond motifs is 2. The number of hydrogen-bond acceptors (Lipinski definition) is 8. The summed E-state index contributed by atoms with van der Waals surface area (Å²) < 4.78 is 35.2. The van der Waals surface area contributed by atoms with E-state index in [1.165, 1.54) is 0 Å². The number of aromatic nitrogens is 3. The average Bonchev–Trinajstić information content (AvgIpc) is 3.57. The minimum Gasteiger partial charge on any atom is -0.477 e. The number of likely N-dealkylation sites (tertiary alicyclic amines) is 1. The topological polar surface area (TPSA) is 98.9 Å². The zero-order chi connectivity index (χ0) is 28.3. The lowest BCUT2D eigenvalue weighted by atomic mass is 9.88. The number of halogens is 2. The van der Waals surface area contributed by atoms with Crippen LogP contribution in [-0.4, -0.2) is 56.3 Å². The third-order valence-electron chi connectivity index (χ3n) is 8.19. The zero-order valence-electron chi connectivity index (χ0n) is 22.3. The molecule has 41 heavy (non-hydrogen) atoms. The smallest absolute Gasteiger partial charge is 0.349 e. The fourth-order valence-electron chi connectivity index (χ4n) is 5.92. The Hall–Kier alpha value is -3.25. The van der Waals surface area contributed by atoms with Gasteiger partial charge < -0.3 is 23.9 Å². The summed E-state index contributed by atoms with van der Waals surface area (Å²) >= 11 is 6.91. The van der Waals surface area contributed by atoms with Crippen molar-refractivity contribution in [2.45, 2.75) is 57.1 Å². The van der Waals surface area contributed by atoms with E-state index in [1.807, 2.05) is 29.7 Å². The van der Waals surface area contributed by atoms with E-state index in [0.29, 0.717) is 41.0 Å². The van der Waals surface area contributed by atoms with Gasteiger partial charge >= 0.3 is 5.97 Å². The van der Waals surface area contributed by atoms with Crippen molar-refractivity contribution >= 4 is 39.3 Å². The van der Waals surface area contributed by atoms with Gasteiger partial charge in [0.2, 0.25) is 0 Å². The lowest BCUT2D eigenvalue weighted by molar-refractivity contribution is -0.0722. The monoisotopic (exact) mass is 598 g/mol. The summed E-state index contributed by atoms with van der Waals surface area (Å²) in [5.41, 5.74) is 2.03. The Balaban J connectivity index is 1.07. The molecule has 12 heteroatoms. The van der Waals surface area contributed by atoms with Crippen molar-refractivity contribution in [2.75, 3.05) is 19.7 Å². The van der Waals surface area contributed by atoms with Gasteiger partial charge in [-0.3, -0.25) is 9.88 Å². The van der Waals surface area contributed by atoms with E-state index >= 15 is 4.39 Å². The van der Waals surface area contributed by atoms with E-state index in [4.69, 9.17) is 25.8 Å². The molecule has 7 rings (SSSR count). The number of hydrogen-bond donors (Lipinski definition) is 1. The fraction of sp³-hybridized carbons (Fsp3) is 0.414. The molecule has 214 valence electrons. The predicted molar refractivity (Wildman–Crippen MR) is 150 cm³/mol. The number of rotatable bonds is 7. The molecule has 0 amide bonds. The second-order valence-electron chi connectivity index (χ2n) is 10.9. The van der Waals surface area contributed by atoms with Crippen molar-refractivity contribution in [3.63, 3.8) is 0 Å². The van der Waals surface area contributed by atoms with Crippen LogP contribution in [-0.2, 0) is 23.6 Å². The largest absolute Gasteiger partial charge is 0.477 e. The van der Waals surface area contributed by atoms with E-state index in [9.17, 15) is 9.90 Å². The molecule has 1 N–H and O–H groups in total. The minimum absolute atomic E-state index is 0.0133. The van der Waals surface area contributed by atoms with Crippen LogP contribution in [0.4, 0.5) is 4.39 Å². The van der Waals surface area contributed by atoms with Crippen molar-refractivity contribution < 1.29 is 28.5 Å². The van der Waals surface area contributed by atoms with Crippen LogP contribution in [0.5, 0.6) is 11.5 Å². The number of ether oxygens (including phenoxy) is 3. The molecule has 0 radical (unpaired) electrons. The standard InChI is InChI=1S/C29H28ClFN4O5S/c1-29(21-6-5-17(30)13-32-21)39-20-4-2-3-19(25(20)40-29)16-7-10-34(11-8-16)15-22-33-27-24(23(31)26(41-27)28(36)37)35(22)14-18-9-12-38-18/h2-6,13,16,18H,7-12,14-15H2,1H3,(H,36,37)/t18-,29-/m0/s1. The number of thiophene rings is 1. The molecule has 2 atom stereocenters. The molecule has 3 aliphatic rings. The highest BCUT2D eigenvalue weighted by atomic mass is 35.5. The van der Waals surface area contributed by atoms with Gasteiger partial charge in [0.05, 0.1) is 24.2 Å². The molecule has 3 aromatic heterocycles. The van der Waals surface area contributed by atoms with Crippen LogP contribution in [0.15, 0.2) is 36.5 Å². The number of carbonyl (C=O) groups is 1. The van der Waals surface area contributed by atoms with Crippen molar-refractivity contribution in [2.24, 2.45) is 0 Å². The van der Waals surface area contributed by atoms with Crippen LogP contribution < -0.4 is 9.47 Å². The maximum Gasteiger partial charge on any atom is 0.349 e. The van der Waals surface area contributed by atoms with Crippen molar-refractivity contribution in [3.8, 4) is 11.5 Å². The van der Waals surface area contributed by atoms with E-state index in [1.54, 1.807) is 12.3 Å². The SMILES string of the molecule is C[C@]1(c2ccc(Cl)cn2)Oc2cccc(C3CCN(Cc4nc5sc(C(=O)O)c(F)c5n4C[C@@H]4CCO4)CC3)c2O1. The molecule has 4 aromatic rings. The summed E-state index contributed by atoms with van der Waals surface area (Å²) in [5.74, 6) is -0.541. The van der Waals surface area contributed by atoms with E-state index in [0.717, 1.165) is 60.8 Å². The first kappa shape index (κ1) is 26.6. The molecular formula is C29H28ClFN4O5S. The highest BCUT2D eigenvalue weighted by Crippen LogP contribution is 2.49. The van der Waals surface area contributed by atoms with Crippen LogP contribution in [0, 0.1) is 5.82 Å². The van der Waals surface area contributed by atoms with Gasteiger partial charge in [0, 0.05) is 25.3 Å². The van der Waals surface area contributed by atoms with Gasteiger partial charge in [0.25, 0.3) is 5.79 Å². The molecule has 0 saturated carbocycles. The lowest BCUT2D eigenvalue weighted by Gasteiger charge is -2.33. The molecule has 3 aliphatic heterocycles. The molecule has 9 nitrogen and oxygen atoms in total. The van der Waals surface area contributed by atoms with Crippen LogP contribution in [0.25, 0.3) is 10.3 Å². The first-order valence-electron chi connectivity index (χ1n) is 13.7. The molecule has 2 fully saturated rings. The second kappa shape index (κ2) is 10.2. The van der Waals surface area contributed by atoms with Crippen LogP contribution in [0.3, 0.4) is 0 Å². The van der Waals surface area contributed by atoms with E-state index in [2.05, 4.69) is 20.9 Å². The Kier molecular flexibility index (Phi) is 6.65. The van der Waals surface area contributed by atoms with Crippen molar-refractivity contribution in [1.29, 1.82) is 0 Å². The maximum absolute atomic E-state index is 15.1. The number of nitrogens with zero attached hydrogens (tertiary/aromatic N) is 4. The number of carboxylic acid groups (broad SMARTS) is 1. The Morgan fingerprint density at radius 2 is 2.02 bits per heavy atom. The van der Waals surface area contributed by atoms with E-state index < -0.39 is 17.6 Å². The number of para-hydroxylation sites is 1. The van der Waals surface area contributed by atoms with Gasteiger partial charge in [-0.05, 0) is 56.5 Å². The fourth-order valence-corrected chi connectivity index (χ4v) is 6.94. The second-order valence-corrected chi connectivity index (χ2v) is 12.3. The Morgan fingerprint density at radius 3 is 2.71 bits per heavy atom. The van der Waals surface area contributed by atoms with Gasteiger partial charge in [-0.1, -0.05) is 23.7 Å². The molecule has 0 spiro atoms. The number of imidazole rings is 1. The Morgan fingerprint density at radius 1 is 1.22 bits per heavy atom. The van der Waals surface area contributed by atoms with Gasteiger partial charge in [-0.15, -0.1) is 11.3 Å². The van der Waals surface area contributed by atoms with Crippen LogP contribution in [0.2, 0.25) is 5.02 Å². The number of piperidine rings is 1. The van der Waals surface area contributed by atoms with Crippen LogP contribution >= 0.6 is 22.9 Å². The number of carboxylic acids is 1. The molecular weight excluding hydrogens is 571 g/mol. The molecule has 0 unspecified atom stereocenters. The van der Waals surface area contributed by atoms with E-state index in [-0.39, 0.29) is 22.4 Å². The van der Waals surface area contributed by atoms with Gasteiger partial charge in [-0.2, -0.15) is 0 Å². The number of aromatic carboxylic acids is 1. The van der Waals surface area contributed by atoms with Crippen LogP contribution in [0.1, 0.15) is 58.9 Å². The van der Waals surface area contributed by atoms with Crippen molar-refractivity contribution in [1.82, 2.24) is 19.4 Å². The highest BCUT2D eigenvalue weighted by molar-refractivity contribution is 7.20. The van der Waals surface area contributed by atoms with Gasteiger partial charge in [0.15, 0.2) is 22.2 Å². The quantitative estimate of drug-likeness (QED) is 0.285. The zero-order valence-corrected chi connectivity index (χ0v) is 23.9. The van der Waals surface area contributed by atoms with Gasteiger partial charge in [0.1, 0.15) is 21.9 Å². The average molecular weight is 599 g/mol. The third kappa shape index (κ3) is 4.74. The van der Waals surface area contributed by atoms with Crippen molar-refractivity contribution in [3.05, 3.63) is 69.3 Å². The predicted octanol–water partition coefficient (Wildman–Crippen LogP) is 5.80.